The van der Waals surface area contributed by atoms with Crippen molar-refractivity contribution < 1.29 is 23.0 Å². The maximum atomic E-state index is 13.5. The minimum Gasteiger partial charge on any atom is -0.492 e. The second-order valence-corrected chi connectivity index (χ2v) is 3.35. The van der Waals surface area contributed by atoms with Crippen molar-refractivity contribution in [2.75, 3.05) is 14.2 Å². The summed E-state index contributed by atoms with van der Waals surface area (Å²) in [6.07, 6.45) is 0. The first-order valence-corrected chi connectivity index (χ1v) is 4.62. The Hall–Kier alpha value is -1.17. The molecule has 3 nitrogen and oxygen atoms in total. The van der Waals surface area contributed by atoms with E-state index in [-0.39, 0.29) is 10.2 Å². The van der Waals surface area contributed by atoms with Crippen molar-refractivity contribution in [2.45, 2.75) is 0 Å². The van der Waals surface area contributed by atoms with E-state index >= 15 is 0 Å². The molecule has 0 saturated heterocycles. The van der Waals surface area contributed by atoms with Crippen LogP contribution in [-0.2, 0) is 4.74 Å². The zero-order chi connectivity index (χ0) is 11.6. The normalized spacial score (nSPS) is 9.93. The van der Waals surface area contributed by atoms with E-state index in [9.17, 15) is 13.6 Å². The molecular formula is C9H7BrF2O3. The molecule has 0 aliphatic rings. The number of hydrogen-bond donors (Lipinski definition) is 0. The quantitative estimate of drug-likeness (QED) is 0.617. The molecule has 0 radical (unpaired) electrons. The van der Waals surface area contributed by atoms with Crippen molar-refractivity contribution in [3.63, 3.8) is 0 Å². The van der Waals surface area contributed by atoms with Gasteiger partial charge in [0.1, 0.15) is 0 Å². The van der Waals surface area contributed by atoms with Crippen molar-refractivity contribution in [2.24, 2.45) is 0 Å². The van der Waals surface area contributed by atoms with Gasteiger partial charge in [-0.05, 0) is 22.0 Å². The van der Waals surface area contributed by atoms with Crippen LogP contribution in [0, 0.1) is 11.6 Å². The largest absolute Gasteiger partial charge is 0.492 e. The fourth-order valence-corrected chi connectivity index (χ4v) is 1.59. The van der Waals surface area contributed by atoms with Crippen LogP contribution in [0.15, 0.2) is 10.5 Å². The topological polar surface area (TPSA) is 35.5 Å². The minimum atomic E-state index is -0.949. The van der Waals surface area contributed by atoms with Crippen LogP contribution in [0.1, 0.15) is 10.4 Å². The zero-order valence-corrected chi connectivity index (χ0v) is 9.52. The van der Waals surface area contributed by atoms with Gasteiger partial charge in [0, 0.05) is 0 Å². The number of halogens is 3. The van der Waals surface area contributed by atoms with Gasteiger partial charge in [-0.15, -0.1) is 0 Å². The number of rotatable bonds is 2. The molecule has 0 N–H and O–H groups in total. The maximum absolute atomic E-state index is 13.5. The first-order valence-electron chi connectivity index (χ1n) is 3.82. The molecule has 0 spiro atoms. The molecule has 0 heterocycles. The van der Waals surface area contributed by atoms with E-state index in [4.69, 9.17) is 0 Å². The van der Waals surface area contributed by atoms with Crippen LogP contribution in [0.5, 0.6) is 5.75 Å². The molecule has 1 aromatic carbocycles. The molecular weight excluding hydrogens is 274 g/mol. The van der Waals surface area contributed by atoms with Crippen molar-refractivity contribution in [3.05, 3.63) is 27.7 Å². The van der Waals surface area contributed by atoms with Crippen molar-refractivity contribution in [1.82, 2.24) is 0 Å². The summed E-state index contributed by atoms with van der Waals surface area (Å²) >= 11 is 2.79. The first kappa shape index (κ1) is 11.9. The average molecular weight is 281 g/mol. The van der Waals surface area contributed by atoms with Gasteiger partial charge in [-0.25, -0.2) is 13.6 Å². The zero-order valence-electron chi connectivity index (χ0n) is 7.94. The van der Waals surface area contributed by atoms with E-state index in [2.05, 4.69) is 25.4 Å². The summed E-state index contributed by atoms with van der Waals surface area (Å²) in [7, 11) is 2.28. The van der Waals surface area contributed by atoms with Crippen LogP contribution in [0.25, 0.3) is 0 Å². The summed E-state index contributed by atoms with van der Waals surface area (Å²) < 4.78 is 35.4. The van der Waals surface area contributed by atoms with Crippen LogP contribution < -0.4 is 4.74 Å². The monoisotopic (exact) mass is 280 g/mol. The van der Waals surface area contributed by atoms with Gasteiger partial charge in [-0.3, -0.25) is 0 Å². The molecule has 15 heavy (non-hydrogen) atoms. The first-order chi connectivity index (χ1) is 7.02. The molecule has 0 bridgehead atoms. The Labute approximate surface area is 93.1 Å². The Morgan fingerprint density at radius 1 is 1.40 bits per heavy atom. The maximum Gasteiger partial charge on any atom is 0.341 e. The molecule has 0 aliphatic carbocycles. The predicted molar refractivity (Wildman–Crippen MR) is 51.9 cm³/mol. The molecule has 0 saturated carbocycles. The van der Waals surface area contributed by atoms with Crippen LogP contribution in [0.4, 0.5) is 8.78 Å². The van der Waals surface area contributed by atoms with E-state index in [0.717, 1.165) is 13.2 Å². The lowest BCUT2D eigenvalue weighted by atomic mass is 10.2. The van der Waals surface area contributed by atoms with Gasteiger partial charge in [0.05, 0.1) is 24.3 Å². The van der Waals surface area contributed by atoms with E-state index in [1.165, 1.54) is 7.11 Å². The van der Waals surface area contributed by atoms with Crippen LogP contribution >= 0.6 is 15.9 Å². The van der Waals surface area contributed by atoms with Gasteiger partial charge >= 0.3 is 5.97 Å². The van der Waals surface area contributed by atoms with Gasteiger partial charge < -0.3 is 9.47 Å². The lowest BCUT2D eigenvalue weighted by Crippen LogP contribution is -2.07. The molecule has 0 amide bonds. The second kappa shape index (κ2) is 4.57. The average Bonchev–Trinajstić information content (AvgIpc) is 2.23. The van der Waals surface area contributed by atoms with E-state index in [1.54, 1.807) is 0 Å². The number of carbonyl (C=O) groups excluding carboxylic acids is 1. The van der Waals surface area contributed by atoms with Crippen LogP contribution in [-0.4, -0.2) is 20.2 Å². The fraction of sp³-hybridized carbons (Fsp3) is 0.222. The number of hydrogen-bond acceptors (Lipinski definition) is 3. The third kappa shape index (κ3) is 2.09. The number of ether oxygens (including phenoxy) is 2. The second-order valence-electron chi connectivity index (χ2n) is 2.56. The summed E-state index contributed by atoms with van der Waals surface area (Å²) in [6, 6.07) is 0.727. The predicted octanol–water partition coefficient (Wildman–Crippen LogP) is 2.52. The van der Waals surface area contributed by atoms with Crippen molar-refractivity contribution in [1.29, 1.82) is 0 Å². The highest BCUT2D eigenvalue weighted by atomic mass is 79.9. The van der Waals surface area contributed by atoms with Gasteiger partial charge in [0.2, 0.25) is 0 Å². The molecule has 1 rings (SSSR count). The minimum absolute atomic E-state index is 0.245. The highest BCUT2D eigenvalue weighted by Crippen LogP contribution is 2.32. The van der Waals surface area contributed by atoms with Gasteiger partial charge in [-0.1, -0.05) is 0 Å². The van der Waals surface area contributed by atoms with Crippen molar-refractivity contribution in [3.8, 4) is 5.75 Å². The van der Waals surface area contributed by atoms with Crippen LogP contribution in [0.2, 0.25) is 0 Å². The van der Waals surface area contributed by atoms with Crippen LogP contribution in [0.3, 0.4) is 0 Å². The molecule has 0 aliphatic heterocycles. The Morgan fingerprint density at radius 2 is 2.00 bits per heavy atom. The Bertz CT molecular complexity index is 407. The molecule has 82 valence electrons. The third-order valence-corrected chi connectivity index (χ3v) is 2.43. The molecule has 0 fully saturated rings. The number of esters is 1. The number of carbonyl (C=O) groups is 1. The Balaban J connectivity index is 3.40. The molecule has 6 heteroatoms. The summed E-state index contributed by atoms with van der Waals surface area (Å²) in [6.45, 7) is 0. The Kier molecular flexibility index (Phi) is 3.62. The van der Waals surface area contributed by atoms with Gasteiger partial charge in [0.25, 0.3) is 0 Å². The van der Waals surface area contributed by atoms with E-state index < -0.39 is 23.2 Å². The molecule has 0 atom stereocenters. The lowest BCUT2D eigenvalue weighted by Gasteiger charge is -2.08. The lowest BCUT2D eigenvalue weighted by molar-refractivity contribution is 0.0594. The molecule has 0 aromatic heterocycles. The van der Waals surface area contributed by atoms with E-state index in [1.807, 2.05) is 0 Å². The standard InChI is InChI=1S/C9H7BrF2O3/c1-14-8-5(11)3-4(9(13)15-2)7(12)6(8)10/h3H,1-2H3. The van der Waals surface area contributed by atoms with Crippen molar-refractivity contribution >= 4 is 21.9 Å². The van der Waals surface area contributed by atoms with Gasteiger partial charge in [-0.2, -0.15) is 0 Å². The summed E-state index contributed by atoms with van der Waals surface area (Å²) in [5.41, 5.74) is -0.484. The van der Waals surface area contributed by atoms with E-state index in [0.29, 0.717) is 0 Å². The molecule has 0 unspecified atom stereocenters. The smallest absolute Gasteiger partial charge is 0.341 e. The summed E-state index contributed by atoms with van der Waals surface area (Å²) in [5, 5.41) is 0. The molecule has 1 aromatic rings. The summed E-state index contributed by atoms with van der Waals surface area (Å²) in [4.78, 5) is 11.0. The highest BCUT2D eigenvalue weighted by Gasteiger charge is 2.21. The third-order valence-electron chi connectivity index (χ3n) is 1.73. The Morgan fingerprint density at radius 3 is 2.47 bits per heavy atom. The highest BCUT2D eigenvalue weighted by molar-refractivity contribution is 9.10. The fourth-order valence-electron chi connectivity index (χ4n) is 1.02. The summed E-state index contributed by atoms with van der Waals surface area (Å²) in [5.74, 6) is -3.00. The SMILES string of the molecule is COC(=O)c1cc(F)c(OC)c(Br)c1F. The number of methoxy groups -OCH3 is 2. The number of benzene rings is 1. The van der Waals surface area contributed by atoms with Gasteiger partial charge in [0.15, 0.2) is 17.4 Å².